The number of Topliss-reactive ketones (excluding diaryl/α,β-unsaturated/α-hetero) is 1. The number of ketones is 5. The lowest BCUT2D eigenvalue weighted by Gasteiger charge is -2.18. The molecule has 0 amide bonds. The fraction of sp³-hybridized carbons (Fsp3) is 0.149. The molecular weight excluding hydrogens is 1700 g/mol. The van der Waals surface area contributed by atoms with Gasteiger partial charge in [-0.25, -0.2) is 4.21 Å². The normalized spacial score (nSPS) is 11.2. The van der Waals surface area contributed by atoms with Crippen molar-refractivity contribution in [3.8, 4) is 34.5 Å². The summed E-state index contributed by atoms with van der Waals surface area (Å²) in [5.74, 6) is 5.31. The summed E-state index contributed by atoms with van der Waals surface area (Å²) in [5, 5.41) is 8.25. The maximum atomic E-state index is 11.3. The third-order valence-electron chi connectivity index (χ3n) is 10.7. The summed E-state index contributed by atoms with van der Waals surface area (Å²) in [5.41, 5.74) is 0. The number of halogens is 4. The Morgan fingerprint density at radius 2 is 0.617 bits per heavy atom. The van der Waals surface area contributed by atoms with Gasteiger partial charge in [-0.2, -0.15) is 11.1 Å². The Morgan fingerprint density at radius 3 is 0.833 bits per heavy atom. The Hall–Kier alpha value is -11.0. The fourth-order valence-electron chi connectivity index (χ4n) is 6.31. The number of alkyl halides is 1. The molecule has 0 saturated carbocycles. The third kappa shape index (κ3) is 103. The molecule has 0 atom stereocenters. The standard InChI is InChI=1S/C17H22O2Si.C16H16O3S.C14H13ClO2.C14H14O3.C14H14O2.C11H10O2.C3H9ClSi.C3H6O.C2H4OS.Cl2OS/c1-16(19-20(2,3)4)12-8-5-6-11-15-18-17-13-9-7-10-14-17;1-14(17)20-13-15(18)9-5-2-3-8-12-19-16-10-6-4-7-11-16;2*15-12-13(16)8-4-1-2-7-11-17-14-9-5-3-6-10-14;1-13(15)9-5-2-3-8-12-16-14-10-6-4-7-11-14;12-9-5-2-6-10-13-11-7-3-1-4-8-11;1-5(2,3)4;1-3(2)4;1-2(3)4;1-4(2)3/h5-15H,1H2,2-4H3;2-12H,13H2,1H3;1-11H,12H2;1-11,15H,12H2;2-12H,1H3;1-10H;1-3H3;1-2H3;1H3,(H,3,4);/b6-5+,12-8+,15-11+;3-2+,9-5+,12-8+;2*2-1+,8-4+,11-7+;3-2+,9-5+,12-8+;5-2+,10-6+;;;;. The van der Waals surface area contributed by atoms with E-state index in [4.69, 9.17) is 64.8 Å². The number of carbonyl (C=O) groups is 8. The number of aliphatic hydroxyl groups is 1. The van der Waals surface area contributed by atoms with Crippen LogP contribution in [-0.2, 0) is 52.0 Å². The van der Waals surface area contributed by atoms with Gasteiger partial charge in [0.05, 0.1) is 55.0 Å². The highest BCUT2D eigenvalue weighted by Gasteiger charge is 2.15. The van der Waals surface area contributed by atoms with E-state index in [1.54, 1.807) is 141 Å². The Balaban J connectivity index is -0.000000648. The van der Waals surface area contributed by atoms with Gasteiger partial charge >= 0.3 is 0 Å². The zero-order valence-corrected chi connectivity index (χ0v) is 76.7. The van der Waals surface area contributed by atoms with E-state index >= 15 is 0 Å². The van der Waals surface area contributed by atoms with Crippen molar-refractivity contribution in [1.29, 1.82) is 0 Å². The van der Waals surface area contributed by atoms with Gasteiger partial charge in [-0.05, 0) is 186 Å². The SMILES string of the molecule is C=C(/C=C/C=C/C=C/Oc1ccccc1)O[Si](C)(C)C.CC(=O)/C=C/C=C/C=C/Oc1ccccc1.CC(=O)S.CC(=O)SCC(=O)/C=C/C=C/C=C/Oc1ccccc1.CC(C)=O.C[Si](C)(C)Cl.O=C(/C=C/C=C/C=C/Oc1ccccc1)CCl.O=C(/C=C/C=C/C=C/Oc1ccccc1)CO.O=C/C=C/C=C/Oc1ccccc1.O=S(Cl)Cl. The summed E-state index contributed by atoms with van der Waals surface area (Å²) in [6.07, 6.45) is 57.3. The van der Waals surface area contributed by atoms with Crippen LogP contribution in [0.3, 0.4) is 0 Å². The van der Waals surface area contributed by atoms with Gasteiger partial charge in [-0.15, -0.1) is 24.2 Å². The molecule has 6 rings (SSSR count). The first kappa shape index (κ1) is 115. The van der Waals surface area contributed by atoms with E-state index in [1.165, 1.54) is 71.3 Å². The number of thioether (sulfide) groups is 1. The highest BCUT2D eigenvalue weighted by atomic mass is 36.0. The molecule has 0 spiro atoms. The van der Waals surface area contributed by atoms with E-state index in [9.17, 15) is 38.4 Å². The Kier molecular flexibility index (Phi) is 79.8. The first-order valence-corrected chi connectivity index (χ1v) is 48.9. The summed E-state index contributed by atoms with van der Waals surface area (Å²) in [6.45, 7) is 23.5. The fourth-order valence-corrected chi connectivity index (χ4v) is 7.70. The Morgan fingerprint density at radius 1 is 0.400 bits per heavy atom. The molecule has 0 saturated heterocycles. The van der Waals surface area contributed by atoms with Gasteiger partial charge in [-0.3, -0.25) is 33.6 Å². The highest BCUT2D eigenvalue weighted by molar-refractivity contribution is 8.26. The van der Waals surface area contributed by atoms with E-state index < -0.39 is 31.5 Å². The number of carbonyl (C=O) groups excluding carboxylic acids is 8. The van der Waals surface area contributed by atoms with Crippen LogP contribution in [-0.4, -0.2) is 88.7 Å². The molecule has 0 bridgehead atoms. The van der Waals surface area contributed by atoms with E-state index in [0.29, 0.717) is 12.0 Å². The van der Waals surface area contributed by atoms with Crippen LogP contribution >= 0.6 is 68.4 Å². The first-order chi connectivity index (χ1) is 57.2. The van der Waals surface area contributed by atoms with Gasteiger partial charge in [0.1, 0.15) is 60.6 Å². The van der Waals surface area contributed by atoms with Crippen LogP contribution < -0.4 is 28.4 Å². The average molecular weight is 1800 g/mol. The number of aliphatic hydroxyl groups excluding tert-OH is 1. The number of aldehydes is 1. The summed E-state index contributed by atoms with van der Waals surface area (Å²) in [7, 11) is 4.67. The maximum Gasteiger partial charge on any atom is 0.242 e. The molecule has 640 valence electrons. The predicted molar refractivity (Wildman–Crippen MR) is 509 cm³/mol. The van der Waals surface area contributed by atoms with Crippen molar-refractivity contribution in [3.63, 3.8) is 0 Å². The van der Waals surface area contributed by atoms with Crippen LogP contribution in [0.15, 0.2) is 402 Å². The second-order valence-electron chi connectivity index (χ2n) is 24.2. The molecule has 26 heteroatoms. The van der Waals surface area contributed by atoms with Gasteiger partial charge in [0.25, 0.3) is 0 Å². The Bertz CT molecular complexity index is 4210. The number of benzene rings is 6. The Labute approximate surface area is 742 Å². The second kappa shape index (κ2) is 83.1. The minimum Gasteiger partial charge on any atom is -0.545 e. The van der Waals surface area contributed by atoms with Crippen LogP contribution in [0, 0.1) is 0 Å². The van der Waals surface area contributed by atoms with Crippen molar-refractivity contribution in [2.24, 2.45) is 0 Å². The molecule has 6 aromatic rings. The number of hydrogen-bond acceptors (Lipinski definition) is 18. The molecule has 1 N–H and O–H groups in total. The number of para-hydroxylation sites is 6. The second-order valence-corrected chi connectivity index (χ2v) is 40.8. The highest BCUT2D eigenvalue weighted by Crippen LogP contribution is 2.14. The monoisotopic (exact) mass is 1800 g/mol. The van der Waals surface area contributed by atoms with Crippen molar-refractivity contribution in [3.05, 3.63) is 402 Å². The zero-order chi connectivity index (χ0) is 90.4. The number of thiol groups is 1. The van der Waals surface area contributed by atoms with Crippen LogP contribution in [0.25, 0.3) is 0 Å². The third-order valence-corrected chi connectivity index (χ3v) is 12.7. The molecule has 17 nitrogen and oxygen atoms in total. The van der Waals surface area contributed by atoms with Crippen molar-refractivity contribution >= 4 is 139 Å². The van der Waals surface area contributed by atoms with E-state index in [2.05, 4.69) is 79.9 Å². The molecular formula is C94H108Cl4O17S3Si2. The van der Waals surface area contributed by atoms with Crippen LogP contribution in [0.2, 0.25) is 39.3 Å². The molecule has 6 aromatic carbocycles. The minimum atomic E-state index is -1.67. The van der Waals surface area contributed by atoms with Crippen molar-refractivity contribution in [2.45, 2.75) is 73.9 Å². The molecule has 0 unspecified atom stereocenters. The number of rotatable bonds is 35. The van der Waals surface area contributed by atoms with Gasteiger partial charge in [0.2, 0.25) is 17.5 Å². The van der Waals surface area contributed by atoms with Gasteiger partial charge in [-0.1, -0.05) is 244 Å². The minimum absolute atomic E-state index is 0.0112. The molecule has 0 radical (unpaired) electrons. The van der Waals surface area contributed by atoms with E-state index in [1.807, 2.05) is 212 Å². The lowest BCUT2D eigenvalue weighted by atomic mass is 10.3. The smallest absolute Gasteiger partial charge is 0.242 e. The number of ether oxygens (including phenoxy) is 6. The number of hydrogen-bond donors (Lipinski definition) is 2. The van der Waals surface area contributed by atoms with Crippen molar-refractivity contribution in [2.75, 3.05) is 18.2 Å². The quantitative estimate of drug-likeness (QED) is 0.00433. The van der Waals surface area contributed by atoms with E-state index in [-0.39, 0.29) is 50.8 Å². The van der Waals surface area contributed by atoms with Crippen molar-refractivity contribution in [1.82, 2.24) is 0 Å². The lowest BCUT2D eigenvalue weighted by Crippen LogP contribution is -2.23. The predicted octanol–water partition coefficient (Wildman–Crippen LogP) is 24.1. The van der Waals surface area contributed by atoms with Gasteiger partial charge < -0.3 is 42.7 Å². The maximum absolute atomic E-state index is 11.3. The molecule has 0 fully saturated rings. The van der Waals surface area contributed by atoms with E-state index in [0.717, 1.165) is 46.3 Å². The van der Waals surface area contributed by atoms with Crippen LogP contribution in [0.5, 0.6) is 34.5 Å². The van der Waals surface area contributed by atoms with Crippen molar-refractivity contribution < 1.29 is 80.5 Å². The largest absolute Gasteiger partial charge is 0.545 e. The molecule has 0 aliphatic rings. The molecule has 0 aliphatic carbocycles. The van der Waals surface area contributed by atoms with Gasteiger partial charge in [0.15, 0.2) is 33.4 Å². The first-order valence-electron chi connectivity index (χ1n) is 36.2. The van der Waals surface area contributed by atoms with Crippen LogP contribution in [0.4, 0.5) is 0 Å². The zero-order valence-electron chi connectivity index (χ0n) is 69.1. The average Bonchev–Trinajstić information content (AvgIpc) is 0.968. The van der Waals surface area contributed by atoms with Crippen LogP contribution in [0.1, 0.15) is 34.6 Å². The topological polar surface area (TPSA) is 238 Å². The molecule has 120 heavy (non-hydrogen) atoms. The lowest BCUT2D eigenvalue weighted by molar-refractivity contribution is -0.117. The van der Waals surface area contributed by atoms with Gasteiger partial charge in [0, 0.05) is 35.2 Å². The number of allylic oxidation sites excluding steroid dienone is 27. The molecule has 0 aliphatic heterocycles. The summed E-state index contributed by atoms with van der Waals surface area (Å²) in [6, 6.07) is 56.9. The summed E-state index contributed by atoms with van der Waals surface area (Å²) < 4.78 is 46.7. The summed E-state index contributed by atoms with van der Waals surface area (Å²) in [4.78, 5) is 82.6. The molecule has 0 aromatic heterocycles. The summed E-state index contributed by atoms with van der Waals surface area (Å²) >= 11 is 15.3. The molecule has 0 heterocycles.